The summed E-state index contributed by atoms with van der Waals surface area (Å²) in [5, 5.41) is 14.9. The molecule has 4 unspecified atom stereocenters. The van der Waals surface area contributed by atoms with E-state index in [0.717, 1.165) is 24.2 Å². The SMILES string of the molecule is NC1C2CCCOC2C1NC(=O)c1csc([N+](=O)[O-])c1. The number of nitrogens with one attached hydrogen (secondary N) is 1. The molecule has 1 saturated carbocycles. The molecular weight excluding hydrogens is 282 g/mol. The molecule has 3 N–H and O–H groups in total. The molecule has 20 heavy (non-hydrogen) atoms. The third-order valence-electron chi connectivity index (χ3n) is 4.00. The first-order valence-corrected chi connectivity index (χ1v) is 7.37. The van der Waals surface area contributed by atoms with Gasteiger partial charge in [-0.3, -0.25) is 14.9 Å². The fourth-order valence-corrected chi connectivity index (χ4v) is 3.60. The smallest absolute Gasteiger partial charge is 0.324 e. The first-order chi connectivity index (χ1) is 9.58. The fraction of sp³-hybridized carbons (Fsp3) is 0.583. The second kappa shape index (κ2) is 5.12. The van der Waals surface area contributed by atoms with Crippen LogP contribution in [0, 0.1) is 16.0 Å². The van der Waals surface area contributed by atoms with Crippen molar-refractivity contribution in [2.75, 3.05) is 6.61 Å². The van der Waals surface area contributed by atoms with Crippen LogP contribution in [0.25, 0.3) is 0 Å². The van der Waals surface area contributed by atoms with Gasteiger partial charge in [0, 0.05) is 30.0 Å². The zero-order chi connectivity index (χ0) is 14.3. The Hall–Kier alpha value is -1.51. The molecule has 0 aromatic carbocycles. The molecule has 2 heterocycles. The molecule has 0 spiro atoms. The van der Waals surface area contributed by atoms with Crippen LogP contribution in [-0.4, -0.2) is 35.6 Å². The Bertz CT molecular complexity index is 547. The molecular formula is C12H15N3O4S. The summed E-state index contributed by atoms with van der Waals surface area (Å²) >= 11 is 0.940. The van der Waals surface area contributed by atoms with Crippen LogP contribution in [0.4, 0.5) is 5.00 Å². The Morgan fingerprint density at radius 3 is 3.10 bits per heavy atom. The van der Waals surface area contributed by atoms with E-state index >= 15 is 0 Å². The molecule has 1 aliphatic carbocycles. The van der Waals surface area contributed by atoms with E-state index in [4.69, 9.17) is 10.5 Å². The molecule has 1 aliphatic heterocycles. The van der Waals surface area contributed by atoms with Crippen LogP contribution in [0.15, 0.2) is 11.4 Å². The number of hydrogen-bond donors (Lipinski definition) is 2. The number of nitrogens with zero attached hydrogens (tertiary/aromatic N) is 1. The molecule has 0 bridgehead atoms. The Morgan fingerprint density at radius 1 is 1.60 bits per heavy atom. The predicted octanol–water partition coefficient (Wildman–Crippen LogP) is 0.891. The minimum absolute atomic E-state index is 0.0173. The highest BCUT2D eigenvalue weighted by molar-refractivity contribution is 7.13. The number of carbonyl (C=O) groups is 1. The van der Waals surface area contributed by atoms with Gasteiger partial charge < -0.3 is 15.8 Å². The van der Waals surface area contributed by atoms with Crippen LogP contribution >= 0.6 is 11.3 Å². The molecule has 108 valence electrons. The van der Waals surface area contributed by atoms with Gasteiger partial charge in [-0.2, -0.15) is 0 Å². The Morgan fingerprint density at radius 2 is 2.40 bits per heavy atom. The lowest BCUT2D eigenvalue weighted by Crippen LogP contribution is -2.72. The van der Waals surface area contributed by atoms with E-state index in [-0.39, 0.29) is 29.1 Å². The van der Waals surface area contributed by atoms with Crippen LogP contribution < -0.4 is 11.1 Å². The zero-order valence-corrected chi connectivity index (χ0v) is 11.5. The highest BCUT2D eigenvalue weighted by Crippen LogP contribution is 2.37. The van der Waals surface area contributed by atoms with E-state index in [9.17, 15) is 14.9 Å². The van der Waals surface area contributed by atoms with Gasteiger partial charge in [0.2, 0.25) is 0 Å². The average Bonchev–Trinajstić information content (AvgIpc) is 2.94. The number of rotatable bonds is 3. The minimum atomic E-state index is -0.503. The standard InChI is InChI=1S/C12H15N3O4S/c13-9-7-2-1-3-19-11(7)10(9)14-12(16)6-4-8(15(17)18)20-5-6/h4-5,7,9-11H,1-3,13H2,(H,14,16). The third kappa shape index (κ3) is 2.19. The molecule has 2 fully saturated rings. The van der Waals surface area contributed by atoms with Gasteiger partial charge in [0.25, 0.3) is 5.91 Å². The minimum Gasteiger partial charge on any atom is -0.376 e. The summed E-state index contributed by atoms with van der Waals surface area (Å²) in [5.74, 6) is -0.0201. The van der Waals surface area contributed by atoms with Crippen molar-refractivity contribution in [1.29, 1.82) is 0 Å². The van der Waals surface area contributed by atoms with Crippen molar-refractivity contribution in [3.8, 4) is 0 Å². The van der Waals surface area contributed by atoms with Gasteiger partial charge >= 0.3 is 5.00 Å². The monoisotopic (exact) mass is 297 g/mol. The van der Waals surface area contributed by atoms with Crippen LogP contribution in [-0.2, 0) is 4.74 Å². The summed E-state index contributed by atoms with van der Waals surface area (Å²) in [5.41, 5.74) is 6.36. The van der Waals surface area contributed by atoms with E-state index in [1.807, 2.05) is 0 Å². The van der Waals surface area contributed by atoms with Gasteiger partial charge in [0.05, 0.1) is 22.6 Å². The predicted molar refractivity (Wildman–Crippen MR) is 72.7 cm³/mol. The number of amides is 1. The summed E-state index contributed by atoms with van der Waals surface area (Å²) in [4.78, 5) is 22.2. The second-order valence-electron chi connectivity index (χ2n) is 5.15. The van der Waals surface area contributed by atoms with Crippen molar-refractivity contribution in [1.82, 2.24) is 5.32 Å². The normalized spacial score (nSPS) is 32.0. The summed E-state index contributed by atoms with van der Waals surface area (Å²) in [7, 11) is 0. The topological polar surface area (TPSA) is 107 Å². The van der Waals surface area contributed by atoms with Crippen molar-refractivity contribution in [2.24, 2.45) is 11.7 Å². The number of thiophene rings is 1. The van der Waals surface area contributed by atoms with Crippen molar-refractivity contribution in [3.05, 3.63) is 27.1 Å². The van der Waals surface area contributed by atoms with Crippen molar-refractivity contribution in [3.63, 3.8) is 0 Å². The summed E-state index contributed by atoms with van der Waals surface area (Å²) in [6.07, 6.45) is 2.02. The molecule has 1 saturated heterocycles. The molecule has 4 atom stereocenters. The number of carbonyl (C=O) groups excluding carboxylic acids is 1. The molecule has 3 rings (SSSR count). The number of nitro groups is 1. The number of ether oxygens (including phenoxy) is 1. The largest absolute Gasteiger partial charge is 0.376 e. The zero-order valence-electron chi connectivity index (χ0n) is 10.7. The van der Waals surface area contributed by atoms with Crippen LogP contribution in [0.1, 0.15) is 23.2 Å². The summed E-state index contributed by atoms with van der Waals surface area (Å²) in [6, 6.07) is 0.980. The van der Waals surface area contributed by atoms with E-state index < -0.39 is 4.92 Å². The van der Waals surface area contributed by atoms with E-state index in [1.54, 1.807) is 0 Å². The highest BCUT2D eigenvalue weighted by Gasteiger charge is 2.51. The Labute approximate surface area is 119 Å². The first-order valence-electron chi connectivity index (χ1n) is 6.49. The maximum atomic E-state index is 12.1. The second-order valence-corrected chi connectivity index (χ2v) is 6.04. The van der Waals surface area contributed by atoms with Gasteiger partial charge in [0.1, 0.15) is 0 Å². The molecule has 0 radical (unpaired) electrons. The third-order valence-corrected chi connectivity index (χ3v) is 4.88. The molecule has 1 amide bonds. The van der Waals surface area contributed by atoms with Gasteiger partial charge in [-0.05, 0) is 12.8 Å². The van der Waals surface area contributed by atoms with Crippen molar-refractivity contribution < 1.29 is 14.5 Å². The Balaban J connectivity index is 1.65. The van der Waals surface area contributed by atoms with Crippen LogP contribution in [0.5, 0.6) is 0 Å². The number of hydrogen-bond acceptors (Lipinski definition) is 6. The van der Waals surface area contributed by atoms with Gasteiger partial charge in [-0.25, -0.2) is 0 Å². The lowest BCUT2D eigenvalue weighted by Gasteiger charge is -2.52. The molecule has 7 nitrogen and oxygen atoms in total. The van der Waals surface area contributed by atoms with Gasteiger partial charge in [0.15, 0.2) is 0 Å². The van der Waals surface area contributed by atoms with Crippen LogP contribution in [0.2, 0.25) is 0 Å². The van der Waals surface area contributed by atoms with E-state index in [0.29, 0.717) is 18.1 Å². The first kappa shape index (κ1) is 13.5. The van der Waals surface area contributed by atoms with E-state index in [2.05, 4.69) is 5.32 Å². The van der Waals surface area contributed by atoms with Crippen molar-refractivity contribution in [2.45, 2.75) is 31.0 Å². The Kier molecular flexibility index (Phi) is 3.45. The summed E-state index contributed by atoms with van der Waals surface area (Å²) < 4.78 is 5.64. The average molecular weight is 297 g/mol. The fourth-order valence-electron chi connectivity index (χ4n) is 2.90. The van der Waals surface area contributed by atoms with Gasteiger partial charge in [-0.15, -0.1) is 0 Å². The molecule has 8 heteroatoms. The van der Waals surface area contributed by atoms with Gasteiger partial charge in [-0.1, -0.05) is 11.3 Å². The van der Waals surface area contributed by atoms with Crippen LogP contribution in [0.3, 0.4) is 0 Å². The molecule has 2 aliphatic rings. The highest BCUT2D eigenvalue weighted by atomic mass is 32.1. The molecule has 1 aromatic rings. The lowest BCUT2D eigenvalue weighted by molar-refractivity contribution is -0.380. The maximum Gasteiger partial charge on any atom is 0.324 e. The quantitative estimate of drug-likeness (QED) is 0.636. The lowest BCUT2D eigenvalue weighted by atomic mass is 9.68. The maximum absolute atomic E-state index is 12.1. The van der Waals surface area contributed by atoms with Crippen molar-refractivity contribution >= 4 is 22.2 Å². The number of nitrogens with two attached hydrogens (primary N) is 1. The number of fused-ring (bicyclic) bond motifs is 1. The van der Waals surface area contributed by atoms with E-state index in [1.165, 1.54) is 11.4 Å². The molecule has 1 aromatic heterocycles. The summed E-state index contributed by atoms with van der Waals surface area (Å²) in [6.45, 7) is 0.699.